The minimum absolute atomic E-state index is 0.0511. The average Bonchev–Trinajstić information content (AvgIpc) is 2.94. The SMILES string of the molecule is C=CCNC(=O)Nc1ccc(NC(=O)c2sc3nc4n(c(=O)c3c2C)CCCCC4)cc1. The van der Waals surface area contributed by atoms with E-state index in [9.17, 15) is 14.4 Å². The molecule has 3 aromatic rings. The number of benzene rings is 1. The van der Waals surface area contributed by atoms with Crippen molar-refractivity contribution in [2.45, 2.75) is 39.2 Å². The fraction of sp³-hybridized carbons (Fsp3) is 0.304. The number of aromatic nitrogens is 2. The van der Waals surface area contributed by atoms with Gasteiger partial charge in [0.1, 0.15) is 10.7 Å². The van der Waals surface area contributed by atoms with Gasteiger partial charge in [-0.1, -0.05) is 12.5 Å². The number of anilines is 2. The number of nitrogens with zero attached hydrogens (tertiary/aromatic N) is 2. The van der Waals surface area contributed by atoms with Gasteiger partial charge in [0.25, 0.3) is 11.5 Å². The van der Waals surface area contributed by atoms with Gasteiger partial charge in [0, 0.05) is 30.9 Å². The standard InChI is InChI=1S/C23H25N5O3S/c1-3-12-24-23(31)26-16-10-8-15(9-11-16)25-20(29)19-14(2)18-21(32-19)27-17-7-5-4-6-13-28(17)22(18)30/h3,8-11H,1,4-7,12-13H2,2H3,(H,25,29)(H2,24,26,31). The van der Waals surface area contributed by atoms with Crippen LogP contribution in [0.25, 0.3) is 10.2 Å². The Kier molecular flexibility index (Phi) is 6.36. The second-order valence-corrected chi connectivity index (χ2v) is 8.69. The van der Waals surface area contributed by atoms with Crippen LogP contribution >= 0.6 is 11.3 Å². The predicted octanol–water partition coefficient (Wildman–Crippen LogP) is 4.05. The molecule has 4 rings (SSSR count). The van der Waals surface area contributed by atoms with Gasteiger partial charge in [-0.25, -0.2) is 9.78 Å². The van der Waals surface area contributed by atoms with Crippen molar-refractivity contribution in [3.63, 3.8) is 0 Å². The van der Waals surface area contributed by atoms with Crippen molar-refractivity contribution in [2.75, 3.05) is 17.2 Å². The molecule has 32 heavy (non-hydrogen) atoms. The third kappa shape index (κ3) is 4.43. The van der Waals surface area contributed by atoms with E-state index in [1.54, 1.807) is 41.8 Å². The lowest BCUT2D eigenvalue weighted by molar-refractivity contribution is 0.103. The molecular weight excluding hydrogens is 426 g/mol. The smallest absolute Gasteiger partial charge is 0.319 e. The molecule has 166 valence electrons. The lowest BCUT2D eigenvalue weighted by Crippen LogP contribution is -2.28. The zero-order valence-electron chi connectivity index (χ0n) is 17.9. The van der Waals surface area contributed by atoms with Gasteiger partial charge in [-0.3, -0.25) is 14.2 Å². The molecular formula is C23H25N5O3S. The van der Waals surface area contributed by atoms with E-state index in [0.29, 0.717) is 45.1 Å². The van der Waals surface area contributed by atoms with Gasteiger partial charge in [0.15, 0.2) is 0 Å². The Labute approximate surface area is 189 Å². The highest BCUT2D eigenvalue weighted by atomic mass is 32.1. The number of thiophene rings is 1. The van der Waals surface area contributed by atoms with Crippen molar-refractivity contribution in [3.8, 4) is 0 Å². The molecule has 0 aliphatic carbocycles. The summed E-state index contributed by atoms with van der Waals surface area (Å²) in [6, 6.07) is 6.48. The quantitative estimate of drug-likeness (QED) is 0.509. The fourth-order valence-corrected chi connectivity index (χ4v) is 4.88. The van der Waals surface area contributed by atoms with E-state index in [-0.39, 0.29) is 17.5 Å². The van der Waals surface area contributed by atoms with Crippen LogP contribution in [0.4, 0.5) is 16.2 Å². The van der Waals surface area contributed by atoms with Crippen molar-refractivity contribution in [3.05, 3.63) is 63.5 Å². The molecule has 3 amide bonds. The number of nitrogens with one attached hydrogen (secondary N) is 3. The summed E-state index contributed by atoms with van der Waals surface area (Å²) < 4.78 is 1.77. The summed E-state index contributed by atoms with van der Waals surface area (Å²) >= 11 is 1.25. The first-order chi connectivity index (χ1) is 15.5. The third-order valence-electron chi connectivity index (χ3n) is 5.43. The maximum absolute atomic E-state index is 13.1. The van der Waals surface area contributed by atoms with Crippen molar-refractivity contribution in [2.24, 2.45) is 0 Å². The summed E-state index contributed by atoms with van der Waals surface area (Å²) in [5, 5.41) is 8.73. The highest BCUT2D eigenvalue weighted by Gasteiger charge is 2.22. The van der Waals surface area contributed by atoms with E-state index in [4.69, 9.17) is 4.98 Å². The Morgan fingerprint density at radius 1 is 1.16 bits per heavy atom. The summed E-state index contributed by atoms with van der Waals surface area (Å²) in [6.07, 6.45) is 5.47. The maximum Gasteiger partial charge on any atom is 0.319 e. The molecule has 8 nitrogen and oxygen atoms in total. The van der Waals surface area contributed by atoms with E-state index >= 15 is 0 Å². The molecule has 0 unspecified atom stereocenters. The summed E-state index contributed by atoms with van der Waals surface area (Å²) in [5.41, 5.74) is 1.80. The molecule has 0 saturated carbocycles. The van der Waals surface area contributed by atoms with Gasteiger partial charge < -0.3 is 16.0 Å². The molecule has 9 heteroatoms. The largest absolute Gasteiger partial charge is 0.334 e. The van der Waals surface area contributed by atoms with Crippen LogP contribution in [0.2, 0.25) is 0 Å². The Morgan fingerprint density at radius 2 is 1.88 bits per heavy atom. The Bertz CT molecular complexity index is 1240. The molecule has 0 radical (unpaired) electrons. The molecule has 2 aromatic heterocycles. The van der Waals surface area contributed by atoms with Crippen LogP contribution in [0.15, 0.2) is 41.7 Å². The molecule has 1 aromatic carbocycles. The number of carbonyl (C=O) groups excluding carboxylic acids is 2. The number of urea groups is 1. The van der Waals surface area contributed by atoms with Crippen molar-refractivity contribution in [1.82, 2.24) is 14.9 Å². The van der Waals surface area contributed by atoms with E-state index in [0.717, 1.165) is 31.5 Å². The van der Waals surface area contributed by atoms with Crippen LogP contribution in [-0.2, 0) is 13.0 Å². The van der Waals surface area contributed by atoms with Gasteiger partial charge in [-0.2, -0.15) is 0 Å². The van der Waals surface area contributed by atoms with Crippen LogP contribution in [0, 0.1) is 6.92 Å². The van der Waals surface area contributed by atoms with Crippen molar-refractivity contribution < 1.29 is 9.59 Å². The van der Waals surface area contributed by atoms with Gasteiger partial charge in [0.2, 0.25) is 0 Å². The van der Waals surface area contributed by atoms with Crippen LogP contribution in [0.3, 0.4) is 0 Å². The monoisotopic (exact) mass is 451 g/mol. The highest BCUT2D eigenvalue weighted by Crippen LogP contribution is 2.29. The number of rotatable bonds is 5. The van der Waals surface area contributed by atoms with Crippen molar-refractivity contribution in [1.29, 1.82) is 0 Å². The zero-order valence-corrected chi connectivity index (χ0v) is 18.7. The lowest BCUT2D eigenvalue weighted by atomic mass is 10.2. The number of carbonyl (C=O) groups is 2. The van der Waals surface area contributed by atoms with Crippen LogP contribution < -0.4 is 21.5 Å². The third-order valence-corrected chi connectivity index (χ3v) is 6.61. The Hall–Kier alpha value is -3.46. The van der Waals surface area contributed by atoms with E-state index in [1.165, 1.54) is 11.3 Å². The van der Waals surface area contributed by atoms with E-state index in [2.05, 4.69) is 22.5 Å². The number of hydrogen-bond donors (Lipinski definition) is 3. The molecule has 0 bridgehead atoms. The first-order valence-electron chi connectivity index (χ1n) is 10.6. The summed E-state index contributed by atoms with van der Waals surface area (Å²) in [6.45, 7) is 6.40. The topological polar surface area (TPSA) is 105 Å². The molecule has 1 aliphatic rings. The van der Waals surface area contributed by atoms with Gasteiger partial charge in [-0.05, 0) is 49.6 Å². The second-order valence-electron chi connectivity index (χ2n) is 7.69. The van der Waals surface area contributed by atoms with E-state index < -0.39 is 0 Å². The summed E-state index contributed by atoms with van der Waals surface area (Å²) in [5.74, 6) is 0.531. The molecule has 0 saturated heterocycles. The first-order valence-corrected chi connectivity index (χ1v) is 11.4. The molecule has 3 heterocycles. The summed E-state index contributed by atoms with van der Waals surface area (Å²) in [4.78, 5) is 43.6. The lowest BCUT2D eigenvalue weighted by Gasteiger charge is -2.08. The normalized spacial score (nSPS) is 13.2. The van der Waals surface area contributed by atoms with Crippen LogP contribution in [0.1, 0.15) is 40.3 Å². The maximum atomic E-state index is 13.1. The number of fused-ring (bicyclic) bond motifs is 2. The molecule has 0 atom stereocenters. The van der Waals surface area contributed by atoms with Crippen molar-refractivity contribution >= 4 is 44.9 Å². The molecule has 3 N–H and O–H groups in total. The highest BCUT2D eigenvalue weighted by molar-refractivity contribution is 7.20. The minimum Gasteiger partial charge on any atom is -0.334 e. The first kappa shape index (κ1) is 21.8. The fourth-order valence-electron chi connectivity index (χ4n) is 3.79. The zero-order chi connectivity index (χ0) is 22.7. The molecule has 0 spiro atoms. The van der Waals surface area contributed by atoms with Crippen LogP contribution in [-0.4, -0.2) is 28.0 Å². The van der Waals surface area contributed by atoms with Gasteiger partial charge >= 0.3 is 6.03 Å². The summed E-state index contributed by atoms with van der Waals surface area (Å²) in [7, 11) is 0. The number of amides is 3. The molecule has 1 aliphatic heterocycles. The minimum atomic E-state index is -0.334. The van der Waals surface area contributed by atoms with E-state index in [1.807, 2.05) is 0 Å². The van der Waals surface area contributed by atoms with Gasteiger partial charge in [0.05, 0.1) is 10.3 Å². The number of hydrogen-bond acceptors (Lipinski definition) is 5. The van der Waals surface area contributed by atoms with Crippen LogP contribution in [0.5, 0.6) is 0 Å². The number of aryl methyl sites for hydroxylation is 2. The molecule has 0 fully saturated rings. The average molecular weight is 452 g/mol. The Balaban J connectivity index is 1.53. The second kappa shape index (κ2) is 9.35. The van der Waals surface area contributed by atoms with Gasteiger partial charge in [-0.15, -0.1) is 17.9 Å². The predicted molar refractivity (Wildman–Crippen MR) is 128 cm³/mol. The Morgan fingerprint density at radius 3 is 2.59 bits per heavy atom.